The van der Waals surface area contributed by atoms with Crippen molar-refractivity contribution in [2.24, 2.45) is 5.92 Å². The summed E-state index contributed by atoms with van der Waals surface area (Å²) in [4.78, 5) is 38.8. The molecule has 0 radical (unpaired) electrons. The SMILES string of the molecule is CCC(C)CN(C(=O)n1nnn(-c2c(F)cccc2OC)c1=O)c1cccc(C(=O)O)c1. The number of rotatable bonds is 7. The Balaban J connectivity index is 2.08. The van der Waals surface area contributed by atoms with Crippen molar-refractivity contribution >= 4 is 17.7 Å². The summed E-state index contributed by atoms with van der Waals surface area (Å²) in [7, 11) is 1.31. The molecule has 1 N–H and O–H groups in total. The number of para-hydroxylation sites is 1. The second-order valence-electron chi connectivity index (χ2n) is 7.14. The van der Waals surface area contributed by atoms with Crippen molar-refractivity contribution in [2.45, 2.75) is 20.3 Å². The third kappa shape index (κ3) is 4.36. The molecule has 11 heteroatoms. The Hall–Kier alpha value is -4.02. The molecule has 3 rings (SSSR count). The maximum atomic E-state index is 14.4. The molecule has 0 bridgehead atoms. The molecule has 1 atom stereocenters. The highest BCUT2D eigenvalue weighted by atomic mass is 19.1. The van der Waals surface area contributed by atoms with Crippen LogP contribution in [0.3, 0.4) is 0 Å². The molecule has 3 aromatic rings. The van der Waals surface area contributed by atoms with Crippen LogP contribution in [-0.4, -0.2) is 50.6 Å². The maximum absolute atomic E-state index is 14.4. The van der Waals surface area contributed by atoms with Gasteiger partial charge in [0, 0.05) is 12.2 Å². The van der Waals surface area contributed by atoms with E-state index in [9.17, 15) is 23.9 Å². The van der Waals surface area contributed by atoms with Gasteiger partial charge in [-0.25, -0.2) is 18.8 Å². The van der Waals surface area contributed by atoms with E-state index in [0.717, 1.165) is 12.5 Å². The first kappa shape index (κ1) is 22.7. The molecule has 32 heavy (non-hydrogen) atoms. The van der Waals surface area contributed by atoms with E-state index in [4.69, 9.17) is 4.74 Å². The molecule has 168 valence electrons. The quantitative estimate of drug-likeness (QED) is 0.558. The van der Waals surface area contributed by atoms with Crippen LogP contribution in [0.2, 0.25) is 0 Å². The lowest BCUT2D eigenvalue weighted by atomic mass is 10.1. The Bertz CT molecular complexity index is 1210. The van der Waals surface area contributed by atoms with E-state index in [0.29, 0.717) is 9.36 Å². The average molecular weight is 443 g/mol. The lowest BCUT2D eigenvalue weighted by molar-refractivity contribution is 0.0697. The number of ether oxygens (including phenoxy) is 1. The Kier molecular flexibility index (Phi) is 6.67. The third-order valence-electron chi connectivity index (χ3n) is 4.97. The summed E-state index contributed by atoms with van der Waals surface area (Å²) in [6.07, 6.45) is 0.733. The molecule has 0 spiro atoms. The van der Waals surface area contributed by atoms with Crippen LogP contribution in [0.4, 0.5) is 14.9 Å². The van der Waals surface area contributed by atoms with Crippen LogP contribution in [0.25, 0.3) is 5.69 Å². The van der Waals surface area contributed by atoms with Crippen molar-refractivity contribution in [1.29, 1.82) is 0 Å². The van der Waals surface area contributed by atoms with E-state index in [2.05, 4.69) is 10.4 Å². The van der Waals surface area contributed by atoms with Crippen molar-refractivity contribution in [2.75, 3.05) is 18.6 Å². The molecular weight excluding hydrogens is 421 g/mol. The van der Waals surface area contributed by atoms with Gasteiger partial charge in [0.2, 0.25) is 0 Å². The number of halogens is 1. The molecule has 0 fully saturated rings. The zero-order valence-electron chi connectivity index (χ0n) is 17.7. The molecule has 0 saturated carbocycles. The summed E-state index contributed by atoms with van der Waals surface area (Å²) in [5.41, 5.74) is -1.01. The Morgan fingerprint density at radius 1 is 1.22 bits per heavy atom. The van der Waals surface area contributed by atoms with Crippen LogP contribution in [0, 0.1) is 11.7 Å². The lowest BCUT2D eigenvalue weighted by Crippen LogP contribution is -2.43. The van der Waals surface area contributed by atoms with Crippen molar-refractivity contribution in [3.63, 3.8) is 0 Å². The smallest absolute Gasteiger partial charge is 0.377 e. The number of carboxylic acids is 1. The summed E-state index contributed by atoms with van der Waals surface area (Å²) in [5.74, 6) is -1.86. The average Bonchev–Trinajstić information content (AvgIpc) is 3.17. The van der Waals surface area contributed by atoms with Crippen LogP contribution >= 0.6 is 0 Å². The van der Waals surface area contributed by atoms with Gasteiger partial charge in [-0.05, 0) is 46.7 Å². The number of carboxylic acid groups (broad SMARTS) is 1. The highest BCUT2D eigenvalue weighted by molar-refractivity contribution is 5.95. The standard InChI is InChI=1S/C21H22FN5O5/c1-4-13(2)12-25(15-8-5-7-14(11-15)19(28)29)20(30)27-21(31)26(23-24-27)18-16(22)9-6-10-17(18)32-3/h5-11,13H,4,12H2,1-3H3,(H,28,29). The van der Waals surface area contributed by atoms with Gasteiger partial charge in [0.15, 0.2) is 5.82 Å². The maximum Gasteiger partial charge on any atom is 0.377 e. The number of hydrogen-bond acceptors (Lipinski definition) is 6. The minimum atomic E-state index is -1.16. The number of benzene rings is 2. The van der Waals surface area contributed by atoms with E-state index in [1.54, 1.807) is 6.07 Å². The number of aromatic carboxylic acids is 1. The monoisotopic (exact) mass is 443 g/mol. The number of carbonyl (C=O) groups is 2. The fraction of sp³-hybridized carbons (Fsp3) is 0.286. The van der Waals surface area contributed by atoms with Gasteiger partial charge in [0.25, 0.3) is 0 Å². The van der Waals surface area contributed by atoms with E-state index in [-0.39, 0.29) is 35.2 Å². The fourth-order valence-corrected chi connectivity index (χ4v) is 3.03. The number of hydrogen-bond donors (Lipinski definition) is 1. The lowest BCUT2D eigenvalue weighted by Gasteiger charge is -2.25. The molecule has 10 nitrogen and oxygen atoms in total. The molecule has 0 aliphatic rings. The molecule has 1 heterocycles. The second kappa shape index (κ2) is 9.41. The molecular formula is C21H22FN5O5. The first-order valence-electron chi connectivity index (χ1n) is 9.81. The number of methoxy groups -OCH3 is 1. The van der Waals surface area contributed by atoms with Gasteiger partial charge in [-0.1, -0.05) is 32.4 Å². The highest BCUT2D eigenvalue weighted by Crippen LogP contribution is 2.24. The summed E-state index contributed by atoms with van der Waals surface area (Å²) in [6, 6.07) is 8.90. The van der Waals surface area contributed by atoms with E-state index >= 15 is 0 Å². The molecule has 2 aromatic carbocycles. The van der Waals surface area contributed by atoms with Gasteiger partial charge < -0.3 is 9.84 Å². The fourth-order valence-electron chi connectivity index (χ4n) is 3.03. The molecule has 1 unspecified atom stereocenters. The molecule has 0 aliphatic carbocycles. The van der Waals surface area contributed by atoms with Gasteiger partial charge in [0.05, 0.1) is 12.7 Å². The predicted octanol–water partition coefficient (Wildman–Crippen LogP) is 2.80. The molecule has 0 aliphatic heterocycles. The van der Waals surface area contributed by atoms with Gasteiger partial charge in [-0.3, -0.25) is 4.90 Å². The van der Waals surface area contributed by atoms with Crippen molar-refractivity contribution in [3.8, 4) is 11.4 Å². The first-order valence-corrected chi connectivity index (χ1v) is 9.81. The Labute approximate surface area is 182 Å². The minimum Gasteiger partial charge on any atom is -0.494 e. The molecule has 1 aromatic heterocycles. The summed E-state index contributed by atoms with van der Waals surface area (Å²) >= 11 is 0. The number of amides is 1. The number of aromatic nitrogens is 4. The van der Waals surface area contributed by atoms with Gasteiger partial charge in [-0.2, -0.15) is 4.68 Å². The number of anilines is 1. The van der Waals surface area contributed by atoms with E-state index in [1.165, 1.54) is 42.3 Å². The van der Waals surface area contributed by atoms with Crippen molar-refractivity contribution in [1.82, 2.24) is 19.8 Å². The number of tetrazole rings is 1. The zero-order valence-corrected chi connectivity index (χ0v) is 17.7. The molecule has 0 saturated heterocycles. The summed E-state index contributed by atoms with van der Waals surface area (Å²) in [5, 5.41) is 16.6. The largest absolute Gasteiger partial charge is 0.494 e. The predicted molar refractivity (Wildman–Crippen MR) is 113 cm³/mol. The van der Waals surface area contributed by atoms with Crippen LogP contribution in [0.5, 0.6) is 5.75 Å². The van der Waals surface area contributed by atoms with Crippen LogP contribution in [-0.2, 0) is 0 Å². The molecule has 1 amide bonds. The van der Waals surface area contributed by atoms with Gasteiger partial charge in [-0.15, -0.1) is 4.68 Å². The third-order valence-corrected chi connectivity index (χ3v) is 4.97. The Morgan fingerprint density at radius 2 is 1.94 bits per heavy atom. The van der Waals surface area contributed by atoms with Crippen molar-refractivity contribution in [3.05, 3.63) is 64.3 Å². The van der Waals surface area contributed by atoms with Crippen LogP contribution in [0.1, 0.15) is 30.6 Å². The summed E-state index contributed by atoms with van der Waals surface area (Å²) < 4.78 is 20.6. The van der Waals surface area contributed by atoms with Crippen LogP contribution in [0.15, 0.2) is 47.3 Å². The Morgan fingerprint density at radius 3 is 2.59 bits per heavy atom. The zero-order chi connectivity index (χ0) is 23.4. The first-order chi connectivity index (χ1) is 15.3. The van der Waals surface area contributed by atoms with E-state index in [1.807, 2.05) is 13.8 Å². The second-order valence-corrected chi connectivity index (χ2v) is 7.14. The highest BCUT2D eigenvalue weighted by Gasteiger charge is 2.26. The number of carbonyl (C=O) groups excluding carboxylic acids is 1. The van der Waals surface area contributed by atoms with Gasteiger partial charge in [0.1, 0.15) is 11.4 Å². The number of nitrogens with zero attached hydrogens (tertiary/aromatic N) is 5. The van der Waals surface area contributed by atoms with Gasteiger partial charge >= 0.3 is 17.7 Å². The summed E-state index contributed by atoms with van der Waals surface area (Å²) in [6.45, 7) is 4.04. The van der Waals surface area contributed by atoms with Crippen molar-refractivity contribution < 1.29 is 23.8 Å². The van der Waals surface area contributed by atoms with Crippen LogP contribution < -0.4 is 15.3 Å². The normalized spacial score (nSPS) is 11.8. The topological polar surface area (TPSA) is 120 Å². The van der Waals surface area contributed by atoms with E-state index < -0.39 is 23.5 Å². The minimum absolute atomic E-state index is 0.0171.